The number of allylic oxidation sites excluding steroid dienone is 1. The molecule has 24 heavy (non-hydrogen) atoms. The average Bonchev–Trinajstić information content (AvgIpc) is 2.83. The summed E-state index contributed by atoms with van der Waals surface area (Å²) in [7, 11) is 1.46. The van der Waals surface area contributed by atoms with Gasteiger partial charge in [0.1, 0.15) is 4.32 Å². The summed E-state index contributed by atoms with van der Waals surface area (Å²) in [5.74, 6) is -0.602. The predicted octanol–water partition coefficient (Wildman–Crippen LogP) is 2.38. The van der Waals surface area contributed by atoms with Crippen LogP contribution in [0.1, 0.15) is 11.1 Å². The molecule has 1 aromatic carbocycles. The quantitative estimate of drug-likeness (QED) is 0.436. The van der Waals surface area contributed by atoms with Crippen LogP contribution in [0.25, 0.3) is 6.08 Å². The van der Waals surface area contributed by atoms with E-state index in [-0.39, 0.29) is 5.91 Å². The Hall–Kier alpha value is -2.32. The van der Waals surface area contributed by atoms with E-state index in [0.29, 0.717) is 38.3 Å². The third-order valence-corrected chi connectivity index (χ3v) is 4.18. The molecular formula is C16H15NO5S2. The lowest BCUT2D eigenvalue weighted by molar-refractivity contribution is -0.139. The summed E-state index contributed by atoms with van der Waals surface area (Å²) in [5.41, 5.74) is 1.43. The maximum absolute atomic E-state index is 11.8. The molecule has 1 amide bonds. The molecule has 1 aromatic rings. The van der Waals surface area contributed by atoms with Crippen LogP contribution in [0, 0.1) is 0 Å². The number of carboxylic acid groups (broad SMARTS) is 1. The van der Waals surface area contributed by atoms with Crippen LogP contribution in [0.5, 0.6) is 11.5 Å². The number of thiocarbonyl (C=S) groups is 1. The molecule has 1 aliphatic heterocycles. The number of benzene rings is 1. The van der Waals surface area contributed by atoms with Crippen LogP contribution in [0.2, 0.25) is 0 Å². The van der Waals surface area contributed by atoms with E-state index in [9.17, 15) is 9.59 Å². The lowest BCUT2D eigenvalue weighted by Gasteiger charge is -2.14. The van der Waals surface area contributed by atoms with E-state index in [1.807, 2.05) is 0 Å². The van der Waals surface area contributed by atoms with E-state index < -0.39 is 12.6 Å². The third-order valence-electron chi connectivity index (χ3n) is 3.02. The molecule has 0 saturated carbocycles. The molecule has 1 saturated heterocycles. The summed E-state index contributed by atoms with van der Waals surface area (Å²) >= 11 is 6.14. The molecule has 0 bridgehead atoms. The molecule has 1 aliphatic rings. The minimum Gasteiger partial charge on any atom is -0.493 e. The largest absolute Gasteiger partial charge is 0.493 e. The standard InChI is InChI=1S/C16H15NO5S2/c1-3-4-10-5-9(7-12-15(20)17-16(23)24-12)6-11(21-2)14(10)22-8-13(18)19/h3,5-7H,1,4,8H2,2H3,(H,18,19)(H,17,20,23). The fourth-order valence-electron chi connectivity index (χ4n) is 2.10. The number of carbonyl (C=O) groups excluding carboxylic acids is 1. The van der Waals surface area contributed by atoms with E-state index in [0.717, 1.165) is 0 Å². The minimum atomic E-state index is -1.08. The Morgan fingerprint density at radius 2 is 2.25 bits per heavy atom. The summed E-state index contributed by atoms with van der Waals surface area (Å²) < 4.78 is 11.0. The first-order chi connectivity index (χ1) is 11.4. The smallest absolute Gasteiger partial charge is 0.341 e. The molecular weight excluding hydrogens is 350 g/mol. The summed E-state index contributed by atoms with van der Waals surface area (Å²) in [6.07, 6.45) is 3.82. The van der Waals surface area contributed by atoms with Gasteiger partial charge in [-0.3, -0.25) is 4.79 Å². The van der Waals surface area contributed by atoms with Gasteiger partial charge in [-0.1, -0.05) is 30.1 Å². The van der Waals surface area contributed by atoms with Crippen LogP contribution in [0.4, 0.5) is 0 Å². The van der Waals surface area contributed by atoms with Crippen molar-refractivity contribution in [1.82, 2.24) is 5.32 Å². The van der Waals surface area contributed by atoms with E-state index in [4.69, 9.17) is 26.8 Å². The summed E-state index contributed by atoms with van der Waals surface area (Å²) in [5, 5.41) is 11.4. The Balaban J connectivity index is 2.43. The molecule has 0 unspecified atom stereocenters. The minimum absolute atomic E-state index is 0.250. The number of ether oxygens (including phenoxy) is 2. The van der Waals surface area contributed by atoms with Crippen molar-refractivity contribution in [3.05, 3.63) is 40.8 Å². The lowest BCUT2D eigenvalue weighted by Crippen LogP contribution is -2.17. The number of thioether (sulfide) groups is 1. The number of carbonyl (C=O) groups is 2. The highest BCUT2D eigenvalue weighted by Crippen LogP contribution is 2.35. The van der Waals surface area contributed by atoms with Gasteiger partial charge in [0.15, 0.2) is 18.1 Å². The predicted molar refractivity (Wildman–Crippen MR) is 96.3 cm³/mol. The number of aliphatic carboxylic acids is 1. The van der Waals surface area contributed by atoms with Crippen LogP contribution in [0.3, 0.4) is 0 Å². The number of hydrogen-bond donors (Lipinski definition) is 2. The van der Waals surface area contributed by atoms with E-state index in [2.05, 4.69) is 11.9 Å². The number of rotatable bonds is 7. The molecule has 0 aliphatic carbocycles. The second-order valence-electron chi connectivity index (χ2n) is 4.74. The van der Waals surface area contributed by atoms with E-state index in [1.54, 1.807) is 24.3 Å². The Labute approximate surface area is 148 Å². The zero-order valence-corrected chi connectivity index (χ0v) is 14.5. The summed E-state index contributed by atoms with van der Waals surface area (Å²) in [6.45, 7) is 3.21. The van der Waals surface area contributed by atoms with Gasteiger partial charge in [-0.15, -0.1) is 6.58 Å². The topological polar surface area (TPSA) is 84.9 Å². The Morgan fingerprint density at radius 3 is 2.79 bits per heavy atom. The van der Waals surface area contributed by atoms with Crippen LogP contribution in [-0.2, 0) is 16.0 Å². The summed E-state index contributed by atoms with van der Waals surface area (Å²) in [6, 6.07) is 3.47. The van der Waals surface area contributed by atoms with Crippen molar-refractivity contribution < 1.29 is 24.2 Å². The van der Waals surface area contributed by atoms with E-state index in [1.165, 1.54) is 18.9 Å². The molecule has 2 rings (SSSR count). The van der Waals surface area contributed by atoms with Crippen molar-refractivity contribution in [2.75, 3.05) is 13.7 Å². The van der Waals surface area contributed by atoms with Crippen LogP contribution < -0.4 is 14.8 Å². The van der Waals surface area contributed by atoms with Gasteiger partial charge >= 0.3 is 5.97 Å². The number of amides is 1. The second kappa shape index (κ2) is 7.98. The molecule has 8 heteroatoms. The molecule has 0 aromatic heterocycles. The van der Waals surface area contributed by atoms with Crippen LogP contribution in [0.15, 0.2) is 29.7 Å². The monoisotopic (exact) mass is 365 g/mol. The Kier molecular flexibility index (Phi) is 5.99. The Bertz CT molecular complexity index is 742. The van der Waals surface area contributed by atoms with Crippen LogP contribution >= 0.6 is 24.0 Å². The molecule has 0 radical (unpaired) electrons. The zero-order valence-electron chi connectivity index (χ0n) is 12.8. The highest BCUT2D eigenvalue weighted by Gasteiger charge is 2.22. The van der Waals surface area contributed by atoms with Gasteiger partial charge in [-0.05, 0) is 30.2 Å². The molecule has 0 spiro atoms. The van der Waals surface area contributed by atoms with Crippen molar-refractivity contribution in [1.29, 1.82) is 0 Å². The van der Waals surface area contributed by atoms with Crippen molar-refractivity contribution in [3.8, 4) is 11.5 Å². The number of hydrogen-bond acceptors (Lipinski definition) is 6. The maximum Gasteiger partial charge on any atom is 0.341 e. The highest BCUT2D eigenvalue weighted by molar-refractivity contribution is 8.26. The van der Waals surface area contributed by atoms with Crippen molar-refractivity contribution in [3.63, 3.8) is 0 Å². The van der Waals surface area contributed by atoms with Gasteiger partial charge in [0.05, 0.1) is 12.0 Å². The van der Waals surface area contributed by atoms with Gasteiger partial charge in [-0.2, -0.15) is 0 Å². The lowest BCUT2D eigenvalue weighted by atomic mass is 10.0. The third kappa shape index (κ3) is 4.36. The first-order valence-corrected chi connectivity index (χ1v) is 8.08. The van der Waals surface area contributed by atoms with Gasteiger partial charge < -0.3 is 19.9 Å². The van der Waals surface area contributed by atoms with Gasteiger partial charge in [0.2, 0.25) is 0 Å². The molecule has 1 heterocycles. The normalized spacial score (nSPS) is 15.3. The number of methoxy groups -OCH3 is 1. The Morgan fingerprint density at radius 1 is 1.50 bits per heavy atom. The SMILES string of the molecule is C=CCc1cc(C=C2SC(=S)NC2=O)cc(OC)c1OCC(=O)O. The molecule has 126 valence electrons. The summed E-state index contributed by atoms with van der Waals surface area (Å²) in [4.78, 5) is 23.0. The molecule has 0 atom stereocenters. The van der Waals surface area contributed by atoms with Gasteiger partial charge in [0, 0.05) is 5.56 Å². The van der Waals surface area contributed by atoms with Crippen molar-refractivity contribution >= 4 is 46.3 Å². The first-order valence-electron chi connectivity index (χ1n) is 6.86. The fourth-order valence-corrected chi connectivity index (χ4v) is 3.14. The fraction of sp³-hybridized carbons (Fsp3) is 0.188. The number of nitrogens with one attached hydrogen (secondary N) is 1. The molecule has 2 N–H and O–H groups in total. The highest BCUT2D eigenvalue weighted by atomic mass is 32.2. The van der Waals surface area contributed by atoms with Crippen molar-refractivity contribution in [2.24, 2.45) is 0 Å². The average molecular weight is 365 g/mol. The zero-order chi connectivity index (χ0) is 17.7. The number of carboxylic acids is 1. The maximum atomic E-state index is 11.8. The van der Waals surface area contributed by atoms with Crippen molar-refractivity contribution in [2.45, 2.75) is 6.42 Å². The first kappa shape index (κ1) is 18.0. The van der Waals surface area contributed by atoms with Gasteiger partial charge in [0.25, 0.3) is 5.91 Å². The molecule has 1 fully saturated rings. The van der Waals surface area contributed by atoms with Crippen LogP contribution in [-0.4, -0.2) is 35.0 Å². The van der Waals surface area contributed by atoms with E-state index >= 15 is 0 Å². The second-order valence-corrected chi connectivity index (χ2v) is 6.46. The van der Waals surface area contributed by atoms with Gasteiger partial charge in [-0.25, -0.2) is 4.79 Å². The molecule has 6 nitrogen and oxygen atoms in total.